The Bertz CT molecular complexity index is 1040. The molecule has 1 aromatic carbocycles. The van der Waals surface area contributed by atoms with Gasteiger partial charge in [0.25, 0.3) is 11.6 Å². The number of aryl methyl sites for hydroxylation is 1. The third-order valence-electron chi connectivity index (χ3n) is 4.80. The molecule has 3 heterocycles. The first kappa shape index (κ1) is 18.3. The summed E-state index contributed by atoms with van der Waals surface area (Å²) >= 11 is 8.91. The minimum Gasteiger partial charge on any atom is -0.338 e. The molecule has 140 valence electrons. The van der Waals surface area contributed by atoms with E-state index in [1.807, 2.05) is 18.2 Å². The molecule has 0 atom stereocenters. The molecule has 0 unspecified atom stereocenters. The molecule has 1 fully saturated rings. The van der Waals surface area contributed by atoms with E-state index >= 15 is 0 Å². The van der Waals surface area contributed by atoms with Crippen LogP contribution >= 0.6 is 34.3 Å². The van der Waals surface area contributed by atoms with Crippen molar-refractivity contribution in [2.75, 3.05) is 13.1 Å². The van der Waals surface area contributed by atoms with Crippen molar-refractivity contribution < 1.29 is 9.72 Å². The third kappa shape index (κ3) is 3.56. The molecule has 2 aromatic heterocycles. The van der Waals surface area contributed by atoms with E-state index < -0.39 is 4.92 Å². The fourth-order valence-electron chi connectivity index (χ4n) is 3.34. The van der Waals surface area contributed by atoms with Crippen molar-refractivity contribution in [2.24, 2.45) is 0 Å². The lowest BCUT2D eigenvalue weighted by atomic mass is 9.97. The number of amides is 1. The van der Waals surface area contributed by atoms with E-state index in [9.17, 15) is 14.9 Å². The van der Waals surface area contributed by atoms with Crippen LogP contribution in [-0.2, 0) is 0 Å². The molecule has 9 heteroatoms. The Hall–Kier alpha value is -2.03. The highest BCUT2D eigenvalue weighted by molar-refractivity contribution is 7.18. The first-order valence-corrected chi connectivity index (χ1v) is 10.5. The number of piperidine rings is 1. The molecular formula is C18H16ClN3O3S2. The van der Waals surface area contributed by atoms with Gasteiger partial charge in [-0.3, -0.25) is 14.9 Å². The summed E-state index contributed by atoms with van der Waals surface area (Å²) in [6.07, 6.45) is 1.68. The van der Waals surface area contributed by atoms with Crippen LogP contribution in [0.1, 0.15) is 38.3 Å². The summed E-state index contributed by atoms with van der Waals surface area (Å²) < 4.78 is 1.12. The molecule has 1 amide bonds. The van der Waals surface area contributed by atoms with Gasteiger partial charge in [-0.25, -0.2) is 4.98 Å². The summed E-state index contributed by atoms with van der Waals surface area (Å²) in [4.78, 5) is 30.8. The largest absolute Gasteiger partial charge is 0.338 e. The quantitative estimate of drug-likeness (QED) is 0.427. The number of hydrogen-bond donors (Lipinski definition) is 0. The molecule has 0 bridgehead atoms. The molecule has 0 aliphatic carbocycles. The predicted molar refractivity (Wildman–Crippen MR) is 108 cm³/mol. The van der Waals surface area contributed by atoms with Gasteiger partial charge < -0.3 is 4.90 Å². The number of fused-ring (bicyclic) bond motifs is 1. The number of nitro groups is 1. The van der Waals surface area contributed by atoms with Gasteiger partial charge in [-0.15, -0.1) is 22.7 Å². The number of aromatic nitrogens is 1. The van der Waals surface area contributed by atoms with E-state index in [2.05, 4.69) is 0 Å². The van der Waals surface area contributed by atoms with Gasteiger partial charge in [0.2, 0.25) is 0 Å². The Morgan fingerprint density at radius 3 is 2.70 bits per heavy atom. The van der Waals surface area contributed by atoms with Crippen LogP contribution in [0.25, 0.3) is 10.2 Å². The normalized spacial score (nSPS) is 15.4. The highest BCUT2D eigenvalue weighted by atomic mass is 35.5. The molecule has 0 radical (unpaired) electrons. The maximum Gasteiger partial charge on any atom is 0.283 e. The number of carbonyl (C=O) groups is 1. The van der Waals surface area contributed by atoms with E-state index in [1.165, 1.54) is 17.4 Å². The Morgan fingerprint density at radius 1 is 1.30 bits per heavy atom. The number of likely N-dealkylation sites (tertiary alicyclic amines) is 1. The van der Waals surface area contributed by atoms with E-state index in [0.717, 1.165) is 28.1 Å². The average molecular weight is 422 g/mol. The minimum absolute atomic E-state index is 0.0198. The second kappa shape index (κ2) is 7.18. The maximum atomic E-state index is 12.7. The van der Waals surface area contributed by atoms with Crippen LogP contribution in [0.2, 0.25) is 5.02 Å². The van der Waals surface area contributed by atoms with Crippen LogP contribution < -0.4 is 0 Å². The van der Waals surface area contributed by atoms with Crippen molar-refractivity contribution in [1.29, 1.82) is 0 Å². The van der Waals surface area contributed by atoms with Crippen molar-refractivity contribution in [3.63, 3.8) is 0 Å². The van der Waals surface area contributed by atoms with Gasteiger partial charge >= 0.3 is 0 Å². The van der Waals surface area contributed by atoms with Gasteiger partial charge in [-0.05, 0) is 38.0 Å². The van der Waals surface area contributed by atoms with Crippen LogP contribution in [0.5, 0.6) is 0 Å². The fourth-order valence-corrected chi connectivity index (χ4v) is 5.58. The van der Waals surface area contributed by atoms with Gasteiger partial charge in [-0.2, -0.15) is 0 Å². The van der Waals surface area contributed by atoms with Crippen molar-refractivity contribution in [3.8, 4) is 0 Å². The highest BCUT2D eigenvalue weighted by Crippen LogP contribution is 2.36. The molecular weight excluding hydrogens is 406 g/mol. The average Bonchev–Trinajstić information content (AvgIpc) is 3.24. The van der Waals surface area contributed by atoms with E-state index in [-0.39, 0.29) is 11.6 Å². The van der Waals surface area contributed by atoms with E-state index in [1.54, 1.807) is 23.2 Å². The van der Waals surface area contributed by atoms with Gasteiger partial charge in [-0.1, -0.05) is 11.6 Å². The summed E-state index contributed by atoms with van der Waals surface area (Å²) in [6, 6.07) is 7.13. The summed E-state index contributed by atoms with van der Waals surface area (Å²) in [5.41, 5.74) is 0.939. The molecule has 1 saturated heterocycles. The Labute approximate surface area is 168 Å². The molecule has 0 saturated carbocycles. The number of benzene rings is 1. The summed E-state index contributed by atoms with van der Waals surface area (Å²) in [7, 11) is 0. The van der Waals surface area contributed by atoms with Crippen LogP contribution in [0.3, 0.4) is 0 Å². The molecule has 27 heavy (non-hydrogen) atoms. The Morgan fingerprint density at radius 2 is 2.04 bits per heavy atom. The molecule has 0 spiro atoms. The number of halogens is 1. The van der Waals surface area contributed by atoms with Gasteiger partial charge in [0.15, 0.2) is 0 Å². The van der Waals surface area contributed by atoms with E-state index in [4.69, 9.17) is 16.6 Å². The first-order valence-electron chi connectivity index (χ1n) is 8.52. The van der Waals surface area contributed by atoms with Crippen LogP contribution in [0.15, 0.2) is 24.3 Å². The second-order valence-electron chi connectivity index (χ2n) is 6.54. The van der Waals surface area contributed by atoms with Crippen molar-refractivity contribution in [1.82, 2.24) is 9.88 Å². The first-order chi connectivity index (χ1) is 12.9. The second-order valence-corrected chi connectivity index (χ2v) is 9.29. The van der Waals surface area contributed by atoms with Crippen molar-refractivity contribution in [3.05, 3.63) is 54.2 Å². The zero-order chi connectivity index (χ0) is 19.1. The smallest absolute Gasteiger partial charge is 0.283 e. The third-order valence-corrected chi connectivity index (χ3v) is 7.26. The predicted octanol–water partition coefficient (Wildman–Crippen LogP) is 5.25. The molecule has 6 nitrogen and oxygen atoms in total. The summed E-state index contributed by atoms with van der Waals surface area (Å²) in [6.45, 7) is 2.93. The zero-order valence-corrected chi connectivity index (χ0v) is 16.9. The molecule has 1 aliphatic heterocycles. The number of hydrogen-bond acceptors (Lipinski definition) is 6. The monoisotopic (exact) mass is 421 g/mol. The standard InChI is InChI=1S/C18H16ClN3O3S2/c1-10-14(22(24)25)9-16(26-10)18(23)21-6-4-11(5-7-21)17-20-13-8-12(19)2-3-15(13)27-17/h2-3,8-9,11H,4-7H2,1H3. The van der Waals surface area contributed by atoms with Gasteiger partial charge in [0, 0.05) is 30.1 Å². The molecule has 3 aromatic rings. The lowest BCUT2D eigenvalue weighted by Crippen LogP contribution is -2.37. The number of thiophene rings is 1. The van der Waals surface area contributed by atoms with Crippen LogP contribution in [-0.4, -0.2) is 33.8 Å². The SMILES string of the molecule is Cc1sc(C(=O)N2CCC(c3nc4cc(Cl)ccc4s3)CC2)cc1[N+](=O)[O-]. The fraction of sp³-hybridized carbons (Fsp3) is 0.333. The van der Waals surface area contributed by atoms with Crippen LogP contribution in [0, 0.1) is 17.0 Å². The topological polar surface area (TPSA) is 76.3 Å². The Kier molecular flexibility index (Phi) is 4.88. The highest BCUT2D eigenvalue weighted by Gasteiger charge is 2.29. The zero-order valence-electron chi connectivity index (χ0n) is 14.5. The van der Waals surface area contributed by atoms with Gasteiger partial charge in [0.1, 0.15) is 0 Å². The molecule has 1 aliphatic rings. The molecule has 0 N–H and O–H groups in total. The number of carbonyl (C=O) groups excluding carboxylic acids is 1. The summed E-state index contributed by atoms with van der Waals surface area (Å²) in [5, 5.41) is 12.8. The van der Waals surface area contributed by atoms with Gasteiger partial charge in [0.05, 0.1) is 29.9 Å². The Balaban J connectivity index is 1.45. The summed E-state index contributed by atoms with van der Waals surface area (Å²) in [5.74, 6) is 0.204. The van der Waals surface area contributed by atoms with Crippen LogP contribution in [0.4, 0.5) is 5.69 Å². The number of rotatable bonds is 3. The number of nitrogens with zero attached hydrogens (tertiary/aromatic N) is 3. The van der Waals surface area contributed by atoms with Crippen molar-refractivity contribution in [2.45, 2.75) is 25.7 Å². The van der Waals surface area contributed by atoms with E-state index in [0.29, 0.717) is 33.8 Å². The maximum absolute atomic E-state index is 12.7. The number of thiazole rings is 1. The molecule has 4 rings (SSSR count). The lowest BCUT2D eigenvalue weighted by Gasteiger charge is -2.30. The van der Waals surface area contributed by atoms with Crippen molar-refractivity contribution >= 4 is 56.1 Å². The lowest BCUT2D eigenvalue weighted by molar-refractivity contribution is -0.385. The minimum atomic E-state index is -0.436.